The van der Waals surface area contributed by atoms with Crippen LogP contribution in [0.4, 0.5) is 10.8 Å². The molecule has 0 spiro atoms. The number of carbonyl (C=O) groups excluding carboxylic acids is 2. The zero-order valence-corrected chi connectivity index (χ0v) is 10.7. The van der Waals surface area contributed by atoms with Crippen LogP contribution in [0.2, 0.25) is 0 Å². The van der Waals surface area contributed by atoms with Crippen LogP contribution in [0.15, 0.2) is 17.6 Å². The second kappa shape index (κ2) is 4.61. The van der Waals surface area contributed by atoms with Crippen LogP contribution >= 0.6 is 11.3 Å². The van der Waals surface area contributed by atoms with Gasteiger partial charge in [0.1, 0.15) is 11.4 Å². The number of amides is 1. The molecule has 0 bridgehead atoms. The van der Waals surface area contributed by atoms with Crippen molar-refractivity contribution in [3.05, 3.63) is 29.0 Å². The highest BCUT2D eigenvalue weighted by molar-refractivity contribution is 7.14. The Labute approximate surface area is 107 Å². The molecule has 2 rings (SSSR count). The average Bonchev–Trinajstić information content (AvgIpc) is 2.85. The number of nitrogens with two attached hydrogens (primary N) is 1. The van der Waals surface area contributed by atoms with E-state index in [0.29, 0.717) is 22.2 Å². The molecule has 1 amide bonds. The quantitative estimate of drug-likeness (QED) is 0.822. The van der Waals surface area contributed by atoms with Crippen LogP contribution in [0.25, 0.3) is 0 Å². The number of aryl methyl sites for hydroxylation is 1. The van der Waals surface area contributed by atoms with Gasteiger partial charge in [-0.3, -0.25) is 14.9 Å². The van der Waals surface area contributed by atoms with Gasteiger partial charge >= 0.3 is 0 Å². The van der Waals surface area contributed by atoms with Crippen molar-refractivity contribution < 1.29 is 9.59 Å². The van der Waals surface area contributed by atoms with Gasteiger partial charge in [0.2, 0.25) is 0 Å². The summed E-state index contributed by atoms with van der Waals surface area (Å²) >= 11 is 1.21. The normalized spacial score (nSPS) is 10.3. The van der Waals surface area contributed by atoms with E-state index in [4.69, 9.17) is 5.73 Å². The Kier molecular flexibility index (Phi) is 3.15. The molecular weight excluding hydrogens is 252 g/mol. The van der Waals surface area contributed by atoms with Gasteiger partial charge in [0, 0.05) is 25.5 Å². The number of ketones is 1. The summed E-state index contributed by atoms with van der Waals surface area (Å²) < 4.78 is 1.63. The minimum Gasteiger partial charge on any atom is -0.397 e. The maximum Gasteiger partial charge on any atom is 0.274 e. The number of nitrogens with one attached hydrogen (secondary N) is 1. The van der Waals surface area contributed by atoms with Crippen LogP contribution < -0.4 is 11.1 Å². The molecule has 0 unspecified atom stereocenters. The predicted molar refractivity (Wildman–Crippen MR) is 69.9 cm³/mol. The Morgan fingerprint density at radius 3 is 2.72 bits per heavy atom. The average molecular weight is 264 g/mol. The fraction of sp³-hybridized carbons (Fsp3) is 0.182. The van der Waals surface area contributed by atoms with E-state index in [0.717, 1.165) is 0 Å². The Morgan fingerprint density at radius 2 is 2.22 bits per heavy atom. The number of rotatable bonds is 3. The van der Waals surface area contributed by atoms with E-state index in [1.807, 2.05) is 0 Å². The third-order valence-corrected chi connectivity index (χ3v) is 3.10. The fourth-order valence-corrected chi connectivity index (χ4v) is 2.21. The molecule has 0 fully saturated rings. The molecule has 18 heavy (non-hydrogen) atoms. The summed E-state index contributed by atoms with van der Waals surface area (Å²) in [5.41, 5.74) is 6.90. The summed E-state index contributed by atoms with van der Waals surface area (Å²) in [5, 5.41) is 4.63. The number of nitrogen functional groups attached to an aromatic ring is 1. The lowest BCUT2D eigenvalue weighted by atomic mass is 10.3. The van der Waals surface area contributed by atoms with Gasteiger partial charge in [0.15, 0.2) is 10.9 Å². The van der Waals surface area contributed by atoms with Crippen molar-refractivity contribution in [2.45, 2.75) is 6.92 Å². The van der Waals surface area contributed by atoms with E-state index in [-0.39, 0.29) is 11.7 Å². The standard InChI is InChI=1S/C11H12N4O2S/c1-6(16)8-5-18-11(13-8)14-10(17)9-3-7(12)4-15(9)2/h3-5H,12H2,1-2H3,(H,13,14,17). The number of hydrogen-bond donors (Lipinski definition) is 2. The molecule has 0 aromatic carbocycles. The molecule has 3 N–H and O–H groups in total. The first-order chi connectivity index (χ1) is 8.47. The van der Waals surface area contributed by atoms with Gasteiger partial charge in [-0.1, -0.05) is 0 Å². The second-order valence-electron chi connectivity index (χ2n) is 3.82. The smallest absolute Gasteiger partial charge is 0.274 e. The summed E-state index contributed by atoms with van der Waals surface area (Å²) in [6.07, 6.45) is 1.65. The number of Topliss-reactive ketones (excluding diaryl/α,β-unsaturated/α-hetero) is 1. The lowest BCUT2D eigenvalue weighted by molar-refractivity contribution is 0.100. The van der Waals surface area contributed by atoms with Crippen LogP contribution in [0.3, 0.4) is 0 Å². The van der Waals surface area contributed by atoms with E-state index in [2.05, 4.69) is 10.3 Å². The molecule has 0 radical (unpaired) electrons. The molecule has 0 aliphatic carbocycles. The van der Waals surface area contributed by atoms with Crippen molar-refractivity contribution in [3.8, 4) is 0 Å². The van der Waals surface area contributed by atoms with Gasteiger partial charge in [0.05, 0.1) is 5.69 Å². The number of hydrogen-bond acceptors (Lipinski definition) is 5. The highest BCUT2D eigenvalue weighted by Gasteiger charge is 2.13. The predicted octanol–water partition coefficient (Wildman–Crippen LogP) is 1.52. The van der Waals surface area contributed by atoms with Gasteiger partial charge < -0.3 is 10.3 Å². The summed E-state index contributed by atoms with van der Waals surface area (Å²) in [5.74, 6) is -0.437. The van der Waals surface area contributed by atoms with Gasteiger partial charge in [-0.05, 0) is 6.07 Å². The van der Waals surface area contributed by atoms with Crippen molar-refractivity contribution in [1.82, 2.24) is 9.55 Å². The van der Waals surface area contributed by atoms with Gasteiger partial charge in [-0.25, -0.2) is 4.98 Å². The summed E-state index contributed by atoms with van der Waals surface area (Å²) in [6, 6.07) is 1.58. The topological polar surface area (TPSA) is 90.0 Å². The molecule has 94 valence electrons. The molecular formula is C11H12N4O2S. The summed E-state index contributed by atoms with van der Waals surface area (Å²) in [4.78, 5) is 27.0. The number of anilines is 2. The van der Waals surface area contributed by atoms with Crippen molar-refractivity contribution in [1.29, 1.82) is 0 Å². The minimum atomic E-state index is -0.307. The van der Waals surface area contributed by atoms with E-state index in [1.54, 1.807) is 29.3 Å². The number of aromatic nitrogens is 2. The van der Waals surface area contributed by atoms with Crippen LogP contribution in [-0.4, -0.2) is 21.2 Å². The van der Waals surface area contributed by atoms with Gasteiger partial charge in [-0.2, -0.15) is 0 Å². The third kappa shape index (κ3) is 2.40. The van der Waals surface area contributed by atoms with Crippen molar-refractivity contribution >= 4 is 33.8 Å². The third-order valence-electron chi connectivity index (χ3n) is 2.34. The molecule has 0 aliphatic heterocycles. The molecule has 0 atom stereocenters. The number of nitrogens with zero attached hydrogens (tertiary/aromatic N) is 2. The first kappa shape index (κ1) is 12.3. The second-order valence-corrected chi connectivity index (χ2v) is 4.68. The van der Waals surface area contributed by atoms with E-state index in [9.17, 15) is 9.59 Å². The largest absolute Gasteiger partial charge is 0.397 e. The zero-order chi connectivity index (χ0) is 13.3. The molecule has 0 saturated heterocycles. The molecule has 0 aliphatic rings. The van der Waals surface area contributed by atoms with Crippen molar-refractivity contribution in [2.24, 2.45) is 7.05 Å². The van der Waals surface area contributed by atoms with E-state index < -0.39 is 0 Å². The van der Waals surface area contributed by atoms with Crippen LogP contribution in [0.5, 0.6) is 0 Å². The van der Waals surface area contributed by atoms with Crippen LogP contribution in [0.1, 0.15) is 27.9 Å². The van der Waals surface area contributed by atoms with Crippen LogP contribution in [-0.2, 0) is 7.05 Å². The molecule has 6 nitrogen and oxygen atoms in total. The van der Waals surface area contributed by atoms with Gasteiger partial charge in [-0.15, -0.1) is 11.3 Å². The lowest BCUT2D eigenvalue weighted by Gasteiger charge is -2.02. The maximum atomic E-state index is 11.9. The SMILES string of the molecule is CC(=O)c1csc(NC(=O)c2cc(N)cn2C)n1. The molecule has 2 heterocycles. The van der Waals surface area contributed by atoms with Crippen molar-refractivity contribution in [3.63, 3.8) is 0 Å². The fourth-order valence-electron chi connectivity index (χ4n) is 1.47. The van der Waals surface area contributed by atoms with Crippen molar-refractivity contribution in [2.75, 3.05) is 11.1 Å². The lowest BCUT2D eigenvalue weighted by Crippen LogP contribution is -2.15. The zero-order valence-electron chi connectivity index (χ0n) is 9.93. The minimum absolute atomic E-state index is 0.130. The molecule has 0 saturated carbocycles. The van der Waals surface area contributed by atoms with Crippen LogP contribution in [0, 0.1) is 0 Å². The Hall–Kier alpha value is -2.15. The number of carbonyl (C=O) groups is 2. The number of thiazole rings is 1. The van der Waals surface area contributed by atoms with Gasteiger partial charge in [0.25, 0.3) is 5.91 Å². The molecule has 2 aromatic rings. The Bertz CT molecular complexity index is 614. The van der Waals surface area contributed by atoms with E-state index in [1.165, 1.54) is 18.3 Å². The molecule has 2 aromatic heterocycles. The Balaban J connectivity index is 2.16. The highest BCUT2D eigenvalue weighted by Crippen LogP contribution is 2.17. The maximum absolute atomic E-state index is 11.9. The monoisotopic (exact) mass is 264 g/mol. The first-order valence-corrected chi connectivity index (χ1v) is 6.05. The summed E-state index contributed by atoms with van der Waals surface area (Å²) in [7, 11) is 1.73. The first-order valence-electron chi connectivity index (χ1n) is 5.17. The van der Waals surface area contributed by atoms with E-state index >= 15 is 0 Å². The summed E-state index contributed by atoms with van der Waals surface area (Å²) in [6.45, 7) is 1.43. The molecule has 7 heteroatoms. The highest BCUT2D eigenvalue weighted by atomic mass is 32.1. The Morgan fingerprint density at radius 1 is 1.50 bits per heavy atom.